The highest BCUT2D eigenvalue weighted by molar-refractivity contribution is 5.92. The van der Waals surface area contributed by atoms with Crippen molar-refractivity contribution in [1.82, 2.24) is 4.98 Å². The molecule has 0 unspecified atom stereocenters. The minimum atomic E-state index is -0.611. The quantitative estimate of drug-likeness (QED) is 0.335. The number of hydrogen-bond acceptors (Lipinski definition) is 7. The van der Waals surface area contributed by atoms with Gasteiger partial charge in [-0.1, -0.05) is 30.3 Å². The highest BCUT2D eigenvalue weighted by Gasteiger charge is 2.18. The number of rotatable bonds is 6. The number of carbonyl (C=O) groups is 2. The third-order valence-electron chi connectivity index (χ3n) is 4.54. The van der Waals surface area contributed by atoms with E-state index in [-0.39, 0.29) is 0 Å². The number of anilines is 2. The molecule has 0 atom stereocenters. The van der Waals surface area contributed by atoms with Gasteiger partial charge in [0.1, 0.15) is 11.2 Å². The van der Waals surface area contributed by atoms with Gasteiger partial charge in [-0.3, -0.25) is 20.6 Å². The molecule has 0 spiro atoms. The second-order valence-electron chi connectivity index (χ2n) is 10.3. The van der Waals surface area contributed by atoms with Gasteiger partial charge in [-0.05, 0) is 77.9 Å². The van der Waals surface area contributed by atoms with Crippen LogP contribution in [0.5, 0.6) is 0 Å². The van der Waals surface area contributed by atoms with Crippen LogP contribution in [-0.2, 0) is 9.47 Å². The Hall–Kier alpha value is -4.53. The van der Waals surface area contributed by atoms with Crippen molar-refractivity contribution >= 4 is 47.4 Å². The van der Waals surface area contributed by atoms with E-state index in [4.69, 9.17) is 9.47 Å². The van der Waals surface area contributed by atoms with E-state index in [0.29, 0.717) is 34.1 Å². The normalized spacial score (nSPS) is 11.9. The Bertz CT molecular complexity index is 1240. The van der Waals surface area contributed by atoms with Crippen molar-refractivity contribution in [2.75, 3.05) is 10.6 Å². The number of aliphatic imine (C=N–C) groups is 2. The summed E-state index contributed by atoms with van der Waals surface area (Å²) in [4.78, 5) is 37.9. The second-order valence-corrected chi connectivity index (χ2v) is 10.3. The number of nitrogens with zero attached hydrogens (tertiary/aromatic N) is 3. The summed E-state index contributed by atoms with van der Waals surface area (Å²) in [6.07, 6.45) is 2.09. The summed E-state index contributed by atoms with van der Waals surface area (Å²) in [6, 6.07) is 19.8. The maximum atomic E-state index is 12.2. The number of hydrogen-bond donors (Lipinski definition) is 2. The van der Waals surface area contributed by atoms with E-state index in [2.05, 4.69) is 25.6 Å². The summed E-state index contributed by atoms with van der Waals surface area (Å²) in [5, 5.41) is 5.46. The summed E-state index contributed by atoms with van der Waals surface area (Å²) in [5.41, 5.74) is 2.13. The molecular formula is C29H33N5O4. The molecule has 9 nitrogen and oxygen atoms in total. The van der Waals surface area contributed by atoms with Gasteiger partial charge in [0.05, 0.1) is 46.6 Å². The van der Waals surface area contributed by atoms with E-state index in [9.17, 15) is 9.59 Å². The molecule has 0 saturated heterocycles. The largest absolute Gasteiger partial charge is 0.444 e. The highest BCUT2D eigenvalue weighted by Crippen LogP contribution is 2.26. The lowest BCUT2D eigenvalue weighted by molar-refractivity contribution is 0.0624. The number of ether oxygens (including phenoxy) is 2. The Morgan fingerprint density at radius 1 is 0.658 bits per heavy atom. The Balaban J connectivity index is 1.74. The van der Waals surface area contributed by atoms with E-state index >= 15 is 0 Å². The Kier molecular flexibility index (Phi) is 8.96. The van der Waals surface area contributed by atoms with Crippen molar-refractivity contribution in [2.24, 2.45) is 9.98 Å². The van der Waals surface area contributed by atoms with Crippen LogP contribution in [0.3, 0.4) is 0 Å². The smallest absolute Gasteiger partial charge is 0.412 e. The molecule has 0 aliphatic rings. The molecule has 2 aromatic carbocycles. The molecule has 0 aliphatic heterocycles. The zero-order valence-corrected chi connectivity index (χ0v) is 22.5. The number of carbonyl (C=O) groups excluding carboxylic acids is 2. The molecule has 38 heavy (non-hydrogen) atoms. The van der Waals surface area contributed by atoms with Gasteiger partial charge in [-0.2, -0.15) is 0 Å². The molecule has 0 saturated carbocycles. The van der Waals surface area contributed by atoms with Crippen molar-refractivity contribution in [3.63, 3.8) is 0 Å². The minimum Gasteiger partial charge on any atom is -0.444 e. The third kappa shape index (κ3) is 9.50. The van der Waals surface area contributed by atoms with E-state index in [1.54, 1.807) is 90.4 Å². The van der Waals surface area contributed by atoms with Crippen molar-refractivity contribution in [3.8, 4) is 0 Å². The molecule has 3 rings (SSSR count). The molecule has 0 bridgehead atoms. The maximum absolute atomic E-state index is 12.2. The van der Waals surface area contributed by atoms with Gasteiger partial charge < -0.3 is 9.47 Å². The predicted molar refractivity (Wildman–Crippen MR) is 151 cm³/mol. The molecule has 0 aliphatic carbocycles. The number of pyridine rings is 1. The summed E-state index contributed by atoms with van der Waals surface area (Å²) >= 11 is 0. The average molecular weight is 516 g/mol. The first kappa shape index (κ1) is 28.0. The standard InChI is InChI=1S/C29H33N5O4/c1-28(2,3)37-26(35)33-24-16-9-7-14-22(24)30-18-20-12-11-13-21(32-20)19-31-23-15-8-10-17-25(23)34-27(36)38-29(4,5)6/h7-19H,1-6H3,(H,33,35)(H,34,36). The van der Waals surface area contributed by atoms with Gasteiger partial charge in [0.25, 0.3) is 0 Å². The number of nitrogens with one attached hydrogen (secondary N) is 2. The summed E-state index contributed by atoms with van der Waals surface area (Å²) < 4.78 is 10.7. The van der Waals surface area contributed by atoms with Crippen LogP contribution < -0.4 is 10.6 Å². The second kappa shape index (κ2) is 12.1. The lowest BCUT2D eigenvalue weighted by atomic mass is 10.2. The van der Waals surface area contributed by atoms with Crippen LogP contribution in [0.1, 0.15) is 52.9 Å². The van der Waals surface area contributed by atoms with Crippen LogP contribution in [0.15, 0.2) is 76.7 Å². The van der Waals surface area contributed by atoms with E-state index in [1.165, 1.54) is 0 Å². The minimum absolute atomic E-state index is 0.518. The number of amides is 2. The van der Waals surface area contributed by atoms with Gasteiger partial charge in [0, 0.05) is 0 Å². The lowest BCUT2D eigenvalue weighted by Gasteiger charge is -2.20. The Morgan fingerprint density at radius 3 is 1.45 bits per heavy atom. The lowest BCUT2D eigenvalue weighted by Crippen LogP contribution is -2.27. The monoisotopic (exact) mass is 515 g/mol. The van der Waals surface area contributed by atoms with Crippen LogP contribution >= 0.6 is 0 Å². The van der Waals surface area contributed by atoms with Gasteiger partial charge in [0.15, 0.2) is 0 Å². The molecule has 0 radical (unpaired) electrons. The predicted octanol–water partition coefficient (Wildman–Crippen LogP) is 7.28. The first-order chi connectivity index (χ1) is 17.9. The van der Waals surface area contributed by atoms with Crippen LogP contribution in [-0.4, -0.2) is 40.8 Å². The van der Waals surface area contributed by atoms with Crippen LogP contribution in [0, 0.1) is 0 Å². The SMILES string of the molecule is CC(C)(C)OC(=O)Nc1ccccc1N=Cc1cccc(C=Nc2ccccc2NC(=O)OC(C)(C)C)n1. The van der Waals surface area contributed by atoms with Crippen molar-refractivity contribution in [3.05, 3.63) is 78.1 Å². The molecule has 3 aromatic rings. The van der Waals surface area contributed by atoms with E-state index in [0.717, 1.165) is 0 Å². The van der Waals surface area contributed by atoms with E-state index in [1.807, 2.05) is 30.3 Å². The van der Waals surface area contributed by atoms with Gasteiger partial charge in [0.2, 0.25) is 0 Å². The molecular weight excluding hydrogens is 482 g/mol. The first-order valence-corrected chi connectivity index (χ1v) is 12.1. The summed E-state index contributed by atoms with van der Waals surface area (Å²) in [5.74, 6) is 0. The zero-order valence-electron chi connectivity index (χ0n) is 22.5. The summed E-state index contributed by atoms with van der Waals surface area (Å²) in [6.45, 7) is 10.8. The zero-order chi connectivity index (χ0) is 27.8. The molecule has 2 amide bonds. The molecule has 1 aromatic heterocycles. The average Bonchev–Trinajstić information content (AvgIpc) is 2.81. The van der Waals surface area contributed by atoms with Crippen molar-refractivity contribution < 1.29 is 19.1 Å². The molecule has 1 heterocycles. The van der Waals surface area contributed by atoms with Crippen molar-refractivity contribution in [1.29, 1.82) is 0 Å². The Morgan fingerprint density at radius 2 is 1.05 bits per heavy atom. The van der Waals surface area contributed by atoms with Gasteiger partial charge in [-0.15, -0.1) is 0 Å². The molecule has 2 N–H and O–H groups in total. The maximum Gasteiger partial charge on any atom is 0.412 e. The number of benzene rings is 2. The van der Waals surface area contributed by atoms with Gasteiger partial charge in [-0.25, -0.2) is 14.6 Å². The first-order valence-electron chi connectivity index (χ1n) is 12.1. The summed E-state index contributed by atoms with van der Waals surface area (Å²) in [7, 11) is 0. The van der Waals surface area contributed by atoms with Crippen LogP contribution in [0.2, 0.25) is 0 Å². The van der Waals surface area contributed by atoms with E-state index < -0.39 is 23.4 Å². The molecule has 0 fully saturated rings. The third-order valence-corrected chi connectivity index (χ3v) is 4.54. The fourth-order valence-electron chi connectivity index (χ4n) is 3.10. The van der Waals surface area contributed by atoms with Crippen molar-refractivity contribution in [2.45, 2.75) is 52.7 Å². The Labute approximate surface area is 223 Å². The topological polar surface area (TPSA) is 114 Å². The number of aromatic nitrogens is 1. The molecule has 198 valence electrons. The number of para-hydroxylation sites is 4. The fourth-order valence-corrected chi connectivity index (χ4v) is 3.10. The molecule has 9 heteroatoms. The van der Waals surface area contributed by atoms with Gasteiger partial charge >= 0.3 is 12.2 Å². The fraction of sp³-hybridized carbons (Fsp3) is 0.276. The highest BCUT2D eigenvalue weighted by atomic mass is 16.6. The van der Waals surface area contributed by atoms with Crippen LogP contribution in [0.25, 0.3) is 0 Å². The van der Waals surface area contributed by atoms with Crippen LogP contribution in [0.4, 0.5) is 32.3 Å².